The minimum absolute atomic E-state index is 0.00974. The summed E-state index contributed by atoms with van der Waals surface area (Å²) in [6, 6.07) is 0. The van der Waals surface area contributed by atoms with E-state index in [1.165, 1.54) is 0 Å². The van der Waals surface area contributed by atoms with Gasteiger partial charge in [0.2, 0.25) is 5.95 Å². The van der Waals surface area contributed by atoms with Crippen molar-refractivity contribution in [3.8, 4) is 0 Å². The molecule has 0 fully saturated rings. The van der Waals surface area contributed by atoms with E-state index in [2.05, 4.69) is 29.1 Å². The van der Waals surface area contributed by atoms with Gasteiger partial charge >= 0.3 is 0 Å². The molecule has 16 heavy (non-hydrogen) atoms. The first-order valence-electron chi connectivity index (χ1n) is 5.67. The van der Waals surface area contributed by atoms with E-state index < -0.39 is 0 Å². The van der Waals surface area contributed by atoms with Gasteiger partial charge in [-0.3, -0.25) is 0 Å². The summed E-state index contributed by atoms with van der Waals surface area (Å²) in [5.74, 6) is 0.674. The number of rotatable bonds is 6. The quantitative estimate of drug-likeness (QED) is 0.724. The van der Waals surface area contributed by atoms with Gasteiger partial charge in [0.1, 0.15) is 0 Å². The monoisotopic (exact) mass is 223 g/mol. The molecule has 0 unspecified atom stereocenters. The molecule has 1 aromatic heterocycles. The lowest BCUT2D eigenvalue weighted by Gasteiger charge is -2.21. The predicted molar refractivity (Wildman–Crippen MR) is 65.4 cm³/mol. The van der Waals surface area contributed by atoms with Crippen LogP contribution in [-0.2, 0) is 0 Å². The Balaban J connectivity index is 2.23. The fourth-order valence-corrected chi connectivity index (χ4v) is 1.33. The lowest BCUT2D eigenvalue weighted by molar-refractivity contribution is 0.149. The van der Waals surface area contributed by atoms with E-state index >= 15 is 0 Å². The van der Waals surface area contributed by atoms with Gasteiger partial charge < -0.3 is 10.4 Å². The van der Waals surface area contributed by atoms with Crippen molar-refractivity contribution in [2.45, 2.75) is 33.6 Å². The first-order valence-corrected chi connectivity index (χ1v) is 5.67. The summed E-state index contributed by atoms with van der Waals surface area (Å²) in [7, 11) is 0. The van der Waals surface area contributed by atoms with E-state index in [1.54, 1.807) is 12.4 Å². The molecular formula is C12H21N3O. The second-order valence-electron chi connectivity index (χ2n) is 4.94. The van der Waals surface area contributed by atoms with Gasteiger partial charge in [0.05, 0.1) is 0 Å². The van der Waals surface area contributed by atoms with Crippen LogP contribution < -0.4 is 5.32 Å². The maximum atomic E-state index is 9.10. The Hall–Kier alpha value is -1.16. The van der Waals surface area contributed by atoms with Crippen LogP contribution in [-0.4, -0.2) is 28.2 Å². The summed E-state index contributed by atoms with van der Waals surface area (Å²) in [5, 5.41) is 12.3. The van der Waals surface area contributed by atoms with Crippen molar-refractivity contribution < 1.29 is 5.11 Å². The summed E-state index contributed by atoms with van der Waals surface area (Å²) in [6.07, 6.45) is 5.59. The Morgan fingerprint density at radius 1 is 1.31 bits per heavy atom. The van der Waals surface area contributed by atoms with E-state index in [4.69, 9.17) is 5.11 Å². The zero-order chi connectivity index (χ0) is 12.0. The number of nitrogens with zero attached hydrogens (tertiary/aromatic N) is 2. The van der Waals surface area contributed by atoms with Crippen LogP contribution in [0.3, 0.4) is 0 Å². The van der Waals surface area contributed by atoms with Gasteiger partial charge in [0.25, 0.3) is 0 Å². The van der Waals surface area contributed by atoms with Crippen molar-refractivity contribution in [1.29, 1.82) is 0 Å². The standard InChI is InChI=1S/C12H21N3O/c1-10-7-14-11(15-8-10)13-6-4-5-12(2,3)9-16/h7-8,16H,4-6,9H2,1-3H3,(H,13,14,15). The number of aliphatic hydroxyl groups is 1. The minimum atomic E-state index is 0.00974. The Bertz CT molecular complexity index is 309. The van der Waals surface area contributed by atoms with Gasteiger partial charge in [0, 0.05) is 25.5 Å². The molecule has 4 heteroatoms. The topological polar surface area (TPSA) is 58.0 Å². The lowest BCUT2D eigenvalue weighted by Crippen LogP contribution is -2.18. The molecule has 0 aromatic carbocycles. The maximum absolute atomic E-state index is 9.10. The molecule has 4 nitrogen and oxygen atoms in total. The molecule has 0 amide bonds. The Morgan fingerprint density at radius 3 is 2.50 bits per heavy atom. The molecular weight excluding hydrogens is 202 g/mol. The average Bonchev–Trinajstić information content (AvgIpc) is 2.27. The molecule has 0 aliphatic heterocycles. The van der Waals surface area contributed by atoms with Gasteiger partial charge in [0.15, 0.2) is 0 Å². The highest BCUT2D eigenvalue weighted by atomic mass is 16.3. The second kappa shape index (κ2) is 5.80. The van der Waals surface area contributed by atoms with E-state index in [-0.39, 0.29) is 12.0 Å². The van der Waals surface area contributed by atoms with Crippen molar-refractivity contribution in [3.63, 3.8) is 0 Å². The van der Waals surface area contributed by atoms with E-state index in [0.717, 1.165) is 24.9 Å². The number of anilines is 1. The van der Waals surface area contributed by atoms with Crippen molar-refractivity contribution >= 4 is 5.95 Å². The van der Waals surface area contributed by atoms with E-state index in [0.29, 0.717) is 5.95 Å². The van der Waals surface area contributed by atoms with Gasteiger partial charge in [-0.2, -0.15) is 0 Å². The summed E-state index contributed by atoms with van der Waals surface area (Å²) in [4.78, 5) is 8.32. The number of hydrogen-bond donors (Lipinski definition) is 2. The van der Waals surface area contributed by atoms with Crippen LogP contribution in [0, 0.1) is 12.3 Å². The fraction of sp³-hybridized carbons (Fsp3) is 0.667. The normalized spacial score (nSPS) is 11.5. The molecule has 1 heterocycles. The Morgan fingerprint density at radius 2 is 1.94 bits per heavy atom. The third kappa shape index (κ3) is 4.57. The molecule has 0 bridgehead atoms. The predicted octanol–water partition coefficient (Wildman–Crippen LogP) is 2.00. The molecule has 0 aliphatic rings. The van der Waals surface area contributed by atoms with Crippen molar-refractivity contribution in [2.24, 2.45) is 5.41 Å². The van der Waals surface area contributed by atoms with Crippen molar-refractivity contribution in [1.82, 2.24) is 9.97 Å². The van der Waals surface area contributed by atoms with Crippen LogP contribution in [0.25, 0.3) is 0 Å². The molecule has 0 atom stereocenters. The van der Waals surface area contributed by atoms with Gasteiger partial charge in [-0.25, -0.2) is 9.97 Å². The zero-order valence-corrected chi connectivity index (χ0v) is 10.3. The molecule has 0 radical (unpaired) electrons. The van der Waals surface area contributed by atoms with Gasteiger partial charge in [-0.05, 0) is 30.7 Å². The Labute approximate surface area is 97.1 Å². The SMILES string of the molecule is Cc1cnc(NCCCC(C)(C)CO)nc1. The highest BCUT2D eigenvalue weighted by molar-refractivity contribution is 5.23. The van der Waals surface area contributed by atoms with Crippen LogP contribution in [0.2, 0.25) is 0 Å². The molecule has 2 N–H and O–H groups in total. The summed E-state index contributed by atoms with van der Waals surface area (Å²) < 4.78 is 0. The largest absolute Gasteiger partial charge is 0.396 e. The van der Waals surface area contributed by atoms with Crippen LogP contribution >= 0.6 is 0 Å². The molecule has 0 spiro atoms. The summed E-state index contributed by atoms with van der Waals surface area (Å²) in [5.41, 5.74) is 1.07. The van der Waals surface area contributed by atoms with Gasteiger partial charge in [-0.15, -0.1) is 0 Å². The first kappa shape index (κ1) is 12.9. The lowest BCUT2D eigenvalue weighted by atomic mass is 9.89. The number of aryl methyl sites for hydroxylation is 1. The molecule has 1 aromatic rings. The molecule has 90 valence electrons. The summed E-state index contributed by atoms with van der Waals surface area (Å²) >= 11 is 0. The van der Waals surface area contributed by atoms with Crippen LogP contribution in [0.5, 0.6) is 0 Å². The third-order valence-corrected chi connectivity index (χ3v) is 2.52. The number of aromatic nitrogens is 2. The first-order chi connectivity index (χ1) is 7.53. The minimum Gasteiger partial charge on any atom is -0.396 e. The Kier molecular flexibility index (Phi) is 4.68. The average molecular weight is 223 g/mol. The van der Waals surface area contributed by atoms with Crippen molar-refractivity contribution in [2.75, 3.05) is 18.5 Å². The van der Waals surface area contributed by atoms with Crippen molar-refractivity contribution in [3.05, 3.63) is 18.0 Å². The molecule has 0 saturated carbocycles. The second-order valence-corrected chi connectivity index (χ2v) is 4.94. The number of aliphatic hydroxyl groups excluding tert-OH is 1. The number of nitrogens with one attached hydrogen (secondary N) is 1. The van der Waals surface area contributed by atoms with Gasteiger partial charge in [-0.1, -0.05) is 13.8 Å². The zero-order valence-electron chi connectivity index (χ0n) is 10.3. The summed E-state index contributed by atoms with van der Waals surface area (Å²) in [6.45, 7) is 7.17. The highest BCUT2D eigenvalue weighted by Gasteiger charge is 2.15. The smallest absolute Gasteiger partial charge is 0.222 e. The molecule has 0 saturated heterocycles. The van der Waals surface area contributed by atoms with Crippen LogP contribution in [0.4, 0.5) is 5.95 Å². The highest BCUT2D eigenvalue weighted by Crippen LogP contribution is 2.20. The maximum Gasteiger partial charge on any atom is 0.222 e. The van der Waals surface area contributed by atoms with Crippen LogP contribution in [0.15, 0.2) is 12.4 Å². The third-order valence-electron chi connectivity index (χ3n) is 2.52. The van der Waals surface area contributed by atoms with E-state index in [1.807, 2.05) is 6.92 Å². The van der Waals surface area contributed by atoms with Crippen LogP contribution in [0.1, 0.15) is 32.3 Å². The number of hydrogen-bond acceptors (Lipinski definition) is 4. The molecule has 1 rings (SSSR count). The molecule has 0 aliphatic carbocycles. The fourth-order valence-electron chi connectivity index (χ4n) is 1.33. The van der Waals surface area contributed by atoms with E-state index in [9.17, 15) is 0 Å².